The number of ether oxygens (including phenoxy) is 1. The van der Waals surface area contributed by atoms with Crippen LogP contribution < -0.4 is 4.74 Å². The van der Waals surface area contributed by atoms with Crippen LogP contribution in [0.3, 0.4) is 0 Å². The van der Waals surface area contributed by atoms with Crippen molar-refractivity contribution >= 4 is 17.6 Å². The quantitative estimate of drug-likeness (QED) is 0.794. The van der Waals surface area contributed by atoms with Gasteiger partial charge in [0, 0.05) is 30.1 Å². The Hall–Kier alpha value is -2.04. The van der Waals surface area contributed by atoms with Crippen molar-refractivity contribution in [2.24, 2.45) is 10.8 Å². The minimum atomic E-state index is -0.620. The van der Waals surface area contributed by atoms with Gasteiger partial charge in [-0.15, -0.1) is 0 Å². The van der Waals surface area contributed by atoms with Gasteiger partial charge in [0.1, 0.15) is 12.4 Å². The van der Waals surface area contributed by atoms with E-state index in [2.05, 4.69) is 23.1 Å². The van der Waals surface area contributed by atoms with E-state index in [0.717, 1.165) is 61.7 Å². The lowest BCUT2D eigenvalue weighted by Gasteiger charge is -2.49. The number of carbonyl (C=O) groups is 1. The fourth-order valence-corrected chi connectivity index (χ4v) is 5.03. The smallest absolute Gasteiger partial charge is 0.310 e. The topological polar surface area (TPSA) is 49.8 Å². The van der Waals surface area contributed by atoms with Crippen molar-refractivity contribution in [2.75, 3.05) is 19.6 Å². The summed E-state index contributed by atoms with van der Waals surface area (Å²) in [6.07, 6.45) is 3.83. The summed E-state index contributed by atoms with van der Waals surface area (Å²) in [6, 6.07) is 14.2. The van der Waals surface area contributed by atoms with Gasteiger partial charge in [0.25, 0.3) is 0 Å². The van der Waals surface area contributed by atoms with Crippen molar-refractivity contribution < 1.29 is 14.6 Å². The minimum absolute atomic E-state index is 0.297. The van der Waals surface area contributed by atoms with E-state index in [1.54, 1.807) is 0 Å². The average molecular weight is 398 g/mol. The van der Waals surface area contributed by atoms with Crippen molar-refractivity contribution in [1.29, 1.82) is 0 Å². The molecule has 1 heterocycles. The molecular weight excluding hydrogens is 374 g/mol. The van der Waals surface area contributed by atoms with E-state index in [4.69, 9.17) is 16.3 Å². The monoisotopic (exact) mass is 397 g/mol. The summed E-state index contributed by atoms with van der Waals surface area (Å²) in [4.78, 5) is 13.8. The lowest BCUT2D eigenvalue weighted by molar-refractivity contribution is -0.145. The number of aliphatic carboxylic acids is 1. The van der Waals surface area contributed by atoms with Crippen LogP contribution in [0.1, 0.15) is 29.5 Å². The van der Waals surface area contributed by atoms with E-state index in [0.29, 0.717) is 12.0 Å². The van der Waals surface area contributed by atoms with E-state index < -0.39 is 11.4 Å². The standard InChI is InChI=1S/C23H24ClNO3/c24-19-4-1-16(2-5-19)12-28-20-6-3-17-10-22(11-18(17)9-20)13-25(14-22)15-23(7-8-23)21(26)27/h1-6,9H,7-8,10-15H2,(H,26,27). The number of carboxylic acid groups (broad SMARTS) is 1. The van der Waals surface area contributed by atoms with Crippen molar-refractivity contribution in [3.8, 4) is 5.75 Å². The summed E-state index contributed by atoms with van der Waals surface area (Å²) in [5.41, 5.74) is 3.75. The SMILES string of the molecule is O=C(O)C1(CN2CC3(Cc4ccc(OCc5ccc(Cl)cc5)cc4C3)C2)CC1. The highest BCUT2D eigenvalue weighted by atomic mass is 35.5. The molecule has 146 valence electrons. The Morgan fingerprint density at radius 2 is 1.79 bits per heavy atom. The zero-order valence-electron chi connectivity index (χ0n) is 15.8. The van der Waals surface area contributed by atoms with E-state index in [1.165, 1.54) is 11.1 Å². The van der Waals surface area contributed by atoms with Gasteiger partial charge in [-0.1, -0.05) is 29.8 Å². The number of rotatable bonds is 6. The van der Waals surface area contributed by atoms with E-state index in [1.807, 2.05) is 24.3 Å². The zero-order valence-corrected chi connectivity index (χ0v) is 16.5. The van der Waals surface area contributed by atoms with Gasteiger partial charge in [0.2, 0.25) is 0 Å². The number of halogens is 1. The molecule has 0 radical (unpaired) electrons. The molecule has 3 aliphatic rings. The fourth-order valence-electron chi connectivity index (χ4n) is 4.90. The fraction of sp³-hybridized carbons (Fsp3) is 0.435. The molecule has 0 aromatic heterocycles. The zero-order chi connectivity index (χ0) is 19.4. The Morgan fingerprint density at radius 1 is 1.07 bits per heavy atom. The van der Waals surface area contributed by atoms with E-state index in [-0.39, 0.29) is 0 Å². The molecule has 0 atom stereocenters. The molecule has 1 saturated heterocycles. The number of hydrogen-bond donors (Lipinski definition) is 1. The van der Waals surface area contributed by atoms with Crippen LogP contribution in [-0.4, -0.2) is 35.6 Å². The van der Waals surface area contributed by atoms with Crippen LogP contribution in [-0.2, 0) is 24.2 Å². The molecule has 0 unspecified atom stereocenters. The molecule has 1 N–H and O–H groups in total. The summed E-state index contributed by atoms with van der Waals surface area (Å²) >= 11 is 5.93. The predicted octanol–water partition coefficient (Wildman–Crippen LogP) is 4.18. The summed E-state index contributed by atoms with van der Waals surface area (Å²) in [5.74, 6) is 0.287. The number of fused-ring (bicyclic) bond motifs is 1. The first kappa shape index (κ1) is 18.0. The number of carboxylic acids is 1. The van der Waals surface area contributed by atoms with E-state index in [9.17, 15) is 9.90 Å². The van der Waals surface area contributed by atoms with Crippen LogP contribution in [0.5, 0.6) is 5.75 Å². The van der Waals surface area contributed by atoms with Crippen LogP contribution >= 0.6 is 11.6 Å². The lowest BCUT2D eigenvalue weighted by atomic mass is 9.76. The molecule has 2 aliphatic carbocycles. The van der Waals surface area contributed by atoms with Crippen LogP contribution in [0, 0.1) is 10.8 Å². The summed E-state index contributed by atoms with van der Waals surface area (Å²) in [6.45, 7) is 3.28. The number of likely N-dealkylation sites (tertiary alicyclic amines) is 1. The van der Waals surface area contributed by atoms with Crippen LogP contribution in [0.15, 0.2) is 42.5 Å². The van der Waals surface area contributed by atoms with Crippen LogP contribution in [0.25, 0.3) is 0 Å². The molecule has 2 aromatic carbocycles. The molecule has 1 aliphatic heterocycles. The van der Waals surface area contributed by atoms with Gasteiger partial charge in [0.05, 0.1) is 5.41 Å². The van der Waals surface area contributed by atoms with Crippen molar-refractivity contribution in [1.82, 2.24) is 4.90 Å². The Kier molecular flexibility index (Phi) is 4.18. The van der Waals surface area contributed by atoms with Gasteiger partial charge in [-0.2, -0.15) is 0 Å². The molecule has 0 bridgehead atoms. The van der Waals surface area contributed by atoms with E-state index >= 15 is 0 Å². The second-order valence-electron chi connectivity index (χ2n) is 8.93. The molecule has 1 saturated carbocycles. The van der Waals surface area contributed by atoms with Crippen molar-refractivity contribution in [3.05, 3.63) is 64.2 Å². The Balaban J connectivity index is 1.18. The van der Waals surface area contributed by atoms with Gasteiger partial charge in [0.15, 0.2) is 0 Å². The first-order valence-electron chi connectivity index (χ1n) is 9.90. The van der Waals surface area contributed by atoms with Gasteiger partial charge < -0.3 is 14.7 Å². The average Bonchev–Trinajstić information content (AvgIpc) is 3.33. The Bertz CT molecular complexity index is 914. The third-order valence-electron chi connectivity index (χ3n) is 6.58. The first-order chi connectivity index (χ1) is 13.5. The lowest BCUT2D eigenvalue weighted by Crippen LogP contribution is -2.58. The predicted molar refractivity (Wildman–Crippen MR) is 108 cm³/mol. The maximum atomic E-state index is 11.4. The maximum Gasteiger partial charge on any atom is 0.310 e. The summed E-state index contributed by atoms with van der Waals surface area (Å²) in [5, 5.41) is 10.1. The Morgan fingerprint density at radius 3 is 2.46 bits per heavy atom. The minimum Gasteiger partial charge on any atom is -0.489 e. The first-order valence-corrected chi connectivity index (χ1v) is 10.3. The highest BCUT2D eigenvalue weighted by molar-refractivity contribution is 6.30. The van der Waals surface area contributed by atoms with Gasteiger partial charge in [-0.3, -0.25) is 4.79 Å². The number of nitrogens with zero attached hydrogens (tertiary/aromatic N) is 1. The summed E-state index contributed by atoms with van der Waals surface area (Å²) < 4.78 is 5.98. The second-order valence-corrected chi connectivity index (χ2v) is 9.37. The second kappa shape index (κ2) is 6.50. The van der Waals surface area contributed by atoms with Crippen LogP contribution in [0.2, 0.25) is 5.02 Å². The molecule has 5 heteroatoms. The molecule has 1 spiro atoms. The largest absolute Gasteiger partial charge is 0.489 e. The molecule has 28 heavy (non-hydrogen) atoms. The normalized spacial score (nSPS) is 21.2. The van der Waals surface area contributed by atoms with Gasteiger partial charge in [-0.25, -0.2) is 0 Å². The van der Waals surface area contributed by atoms with Crippen molar-refractivity contribution in [3.63, 3.8) is 0 Å². The highest BCUT2D eigenvalue weighted by Crippen LogP contribution is 2.51. The summed E-state index contributed by atoms with van der Waals surface area (Å²) in [7, 11) is 0. The third kappa shape index (κ3) is 3.29. The highest BCUT2D eigenvalue weighted by Gasteiger charge is 2.55. The third-order valence-corrected chi connectivity index (χ3v) is 6.83. The number of benzene rings is 2. The molecule has 4 nitrogen and oxygen atoms in total. The maximum absolute atomic E-state index is 11.4. The molecule has 0 amide bonds. The number of hydrogen-bond acceptors (Lipinski definition) is 3. The van der Waals surface area contributed by atoms with Gasteiger partial charge >= 0.3 is 5.97 Å². The molecule has 2 fully saturated rings. The molecule has 2 aromatic rings. The molecule has 5 rings (SSSR count). The van der Waals surface area contributed by atoms with Crippen molar-refractivity contribution in [2.45, 2.75) is 32.3 Å². The Labute approximate surface area is 170 Å². The van der Waals surface area contributed by atoms with Gasteiger partial charge in [-0.05, 0) is 66.6 Å². The molecular formula is C23H24ClNO3. The van der Waals surface area contributed by atoms with Crippen LogP contribution in [0.4, 0.5) is 0 Å².